The zero-order chi connectivity index (χ0) is 16.0. The van der Waals surface area contributed by atoms with Gasteiger partial charge in [-0.15, -0.1) is 0 Å². The second kappa shape index (κ2) is 5.11. The van der Waals surface area contributed by atoms with Gasteiger partial charge in [0.2, 0.25) is 0 Å². The summed E-state index contributed by atoms with van der Waals surface area (Å²) in [5.74, 6) is 0.836. The van der Waals surface area contributed by atoms with Crippen molar-refractivity contribution in [3.8, 4) is 5.75 Å². The number of Topliss-reactive ketones (excluding diaryl/α,β-unsaturated/α-hetero) is 1. The average Bonchev–Trinajstić information content (AvgIpc) is 2.50. The minimum absolute atomic E-state index is 0.0207. The molecular weight excluding hydrogens is 280 g/mol. The number of carbonyl (C=O) groups is 2. The standard InChI is InChI=1S/C18H22O4/c1-17-7-4-8-18(2,22-11-19)16(17)10-15(20)13-9-12(21-3)5-6-14(13)17/h5-6,9,11,16H,4,7-8,10H2,1-3H3/t16?,17-,18-/m1/s1. The summed E-state index contributed by atoms with van der Waals surface area (Å²) in [6, 6.07) is 5.75. The van der Waals surface area contributed by atoms with E-state index in [1.54, 1.807) is 7.11 Å². The molecule has 0 saturated heterocycles. The van der Waals surface area contributed by atoms with Crippen LogP contribution in [-0.2, 0) is 14.9 Å². The van der Waals surface area contributed by atoms with Crippen LogP contribution in [0.4, 0.5) is 0 Å². The molecule has 0 heterocycles. The molecular formula is C18H22O4. The minimum atomic E-state index is -0.567. The molecule has 0 spiro atoms. The highest BCUT2D eigenvalue weighted by molar-refractivity contribution is 6.00. The van der Waals surface area contributed by atoms with E-state index in [0.29, 0.717) is 18.6 Å². The van der Waals surface area contributed by atoms with E-state index in [2.05, 4.69) is 6.92 Å². The van der Waals surface area contributed by atoms with Crippen LogP contribution in [0.25, 0.3) is 0 Å². The van der Waals surface area contributed by atoms with Crippen LogP contribution in [0, 0.1) is 5.92 Å². The Bertz CT molecular complexity index is 624. The molecule has 3 atom stereocenters. The number of hydrogen-bond acceptors (Lipinski definition) is 4. The zero-order valence-electron chi connectivity index (χ0n) is 13.3. The van der Waals surface area contributed by atoms with Crippen LogP contribution in [0.15, 0.2) is 18.2 Å². The summed E-state index contributed by atoms with van der Waals surface area (Å²) in [6.45, 7) is 4.69. The van der Waals surface area contributed by atoms with E-state index in [-0.39, 0.29) is 17.1 Å². The number of hydrogen-bond donors (Lipinski definition) is 0. The first-order chi connectivity index (χ1) is 10.4. The highest BCUT2D eigenvalue weighted by Crippen LogP contribution is 2.54. The predicted molar refractivity (Wildman–Crippen MR) is 82.2 cm³/mol. The number of benzene rings is 1. The number of methoxy groups -OCH3 is 1. The van der Waals surface area contributed by atoms with Gasteiger partial charge in [-0.3, -0.25) is 9.59 Å². The van der Waals surface area contributed by atoms with Crippen molar-refractivity contribution in [1.82, 2.24) is 0 Å². The first-order valence-corrected chi connectivity index (χ1v) is 7.78. The monoisotopic (exact) mass is 302 g/mol. The lowest BCUT2D eigenvalue weighted by atomic mass is 9.53. The Morgan fingerprint density at radius 2 is 2.05 bits per heavy atom. The predicted octanol–water partition coefficient (Wildman–Crippen LogP) is 3.27. The Morgan fingerprint density at radius 3 is 2.73 bits per heavy atom. The fourth-order valence-electron chi connectivity index (χ4n) is 4.52. The molecule has 2 aliphatic rings. The van der Waals surface area contributed by atoms with E-state index in [1.165, 1.54) is 0 Å². The largest absolute Gasteiger partial charge is 0.497 e. The lowest BCUT2D eigenvalue weighted by Gasteiger charge is -2.53. The third-order valence-electron chi connectivity index (χ3n) is 5.72. The first kappa shape index (κ1) is 15.1. The summed E-state index contributed by atoms with van der Waals surface area (Å²) in [6.07, 6.45) is 3.21. The van der Waals surface area contributed by atoms with Crippen LogP contribution in [0.2, 0.25) is 0 Å². The number of fused-ring (bicyclic) bond motifs is 3. The maximum atomic E-state index is 12.6. The van der Waals surface area contributed by atoms with Crippen molar-refractivity contribution in [2.45, 2.75) is 50.5 Å². The highest BCUT2D eigenvalue weighted by atomic mass is 16.5. The van der Waals surface area contributed by atoms with Gasteiger partial charge in [0.25, 0.3) is 6.47 Å². The van der Waals surface area contributed by atoms with Crippen LogP contribution in [0.1, 0.15) is 55.5 Å². The molecule has 1 aromatic rings. The molecule has 0 N–H and O–H groups in total. The van der Waals surface area contributed by atoms with E-state index in [9.17, 15) is 9.59 Å². The van der Waals surface area contributed by atoms with Gasteiger partial charge in [0.1, 0.15) is 11.4 Å². The molecule has 0 bridgehead atoms. The number of ether oxygens (including phenoxy) is 2. The van der Waals surface area contributed by atoms with Gasteiger partial charge < -0.3 is 9.47 Å². The van der Waals surface area contributed by atoms with E-state index >= 15 is 0 Å². The minimum Gasteiger partial charge on any atom is -0.497 e. The third-order valence-corrected chi connectivity index (χ3v) is 5.72. The molecule has 1 aromatic carbocycles. The number of carbonyl (C=O) groups excluding carboxylic acids is 2. The van der Waals surface area contributed by atoms with Gasteiger partial charge >= 0.3 is 0 Å². The van der Waals surface area contributed by atoms with Gasteiger partial charge in [-0.1, -0.05) is 13.0 Å². The quantitative estimate of drug-likeness (QED) is 0.804. The van der Waals surface area contributed by atoms with Gasteiger partial charge in [0, 0.05) is 23.3 Å². The van der Waals surface area contributed by atoms with E-state index < -0.39 is 5.60 Å². The summed E-state index contributed by atoms with van der Waals surface area (Å²) in [7, 11) is 1.61. The van der Waals surface area contributed by atoms with Gasteiger partial charge in [0.15, 0.2) is 5.78 Å². The van der Waals surface area contributed by atoms with Crippen LogP contribution in [0.3, 0.4) is 0 Å². The highest BCUT2D eigenvalue weighted by Gasteiger charge is 2.55. The lowest BCUT2D eigenvalue weighted by Crippen LogP contribution is -2.55. The molecule has 1 unspecified atom stereocenters. The molecule has 4 nitrogen and oxygen atoms in total. The van der Waals surface area contributed by atoms with Crippen molar-refractivity contribution < 1.29 is 19.1 Å². The summed E-state index contributed by atoms with van der Waals surface area (Å²) in [5.41, 5.74) is 1.11. The number of rotatable bonds is 3. The Balaban J connectivity index is 2.12. The zero-order valence-corrected chi connectivity index (χ0v) is 13.3. The maximum absolute atomic E-state index is 12.6. The van der Waals surface area contributed by atoms with Crippen molar-refractivity contribution in [3.05, 3.63) is 29.3 Å². The fourth-order valence-corrected chi connectivity index (χ4v) is 4.52. The fraction of sp³-hybridized carbons (Fsp3) is 0.556. The van der Waals surface area contributed by atoms with Crippen molar-refractivity contribution in [3.63, 3.8) is 0 Å². The van der Waals surface area contributed by atoms with E-state index in [4.69, 9.17) is 9.47 Å². The van der Waals surface area contributed by atoms with Gasteiger partial charge in [0.05, 0.1) is 7.11 Å². The molecule has 0 radical (unpaired) electrons. The molecule has 4 heteroatoms. The topological polar surface area (TPSA) is 52.6 Å². The van der Waals surface area contributed by atoms with Crippen LogP contribution in [0.5, 0.6) is 5.75 Å². The first-order valence-electron chi connectivity index (χ1n) is 7.78. The molecule has 0 aliphatic heterocycles. The number of ketones is 1. The maximum Gasteiger partial charge on any atom is 0.293 e. The Morgan fingerprint density at radius 1 is 1.27 bits per heavy atom. The van der Waals surface area contributed by atoms with Crippen molar-refractivity contribution in [1.29, 1.82) is 0 Å². The Hall–Kier alpha value is -1.84. The third kappa shape index (κ3) is 2.04. The summed E-state index contributed by atoms with van der Waals surface area (Å²) in [5, 5.41) is 0. The van der Waals surface area contributed by atoms with Gasteiger partial charge in [-0.25, -0.2) is 0 Å². The van der Waals surface area contributed by atoms with Crippen molar-refractivity contribution >= 4 is 12.3 Å². The molecule has 118 valence electrons. The average molecular weight is 302 g/mol. The normalized spacial score (nSPS) is 33.6. The van der Waals surface area contributed by atoms with Crippen LogP contribution >= 0.6 is 0 Å². The lowest BCUT2D eigenvalue weighted by molar-refractivity contribution is -0.157. The van der Waals surface area contributed by atoms with Crippen LogP contribution < -0.4 is 4.74 Å². The Kier molecular flexibility index (Phi) is 3.50. The summed E-state index contributed by atoms with van der Waals surface area (Å²) in [4.78, 5) is 23.6. The SMILES string of the molecule is COc1ccc2c(c1)C(=O)CC1[C@](C)(OC=O)CCC[C@]21C. The van der Waals surface area contributed by atoms with Crippen molar-refractivity contribution in [2.75, 3.05) is 7.11 Å². The summed E-state index contributed by atoms with van der Waals surface area (Å²) >= 11 is 0. The molecule has 3 rings (SSSR count). The van der Waals surface area contributed by atoms with Crippen molar-refractivity contribution in [2.24, 2.45) is 5.92 Å². The second-order valence-electron chi connectivity index (χ2n) is 6.89. The smallest absolute Gasteiger partial charge is 0.293 e. The van der Waals surface area contributed by atoms with Crippen LogP contribution in [-0.4, -0.2) is 25.0 Å². The van der Waals surface area contributed by atoms with E-state index in [1.807, 2.05) is 25.1 Å². The van der Waals surface area contributed by atoms with Gasteiger partial charge in [-0.2, -0.15) is 0 Å². The molecule has 2 aliphatic carbocycles. The molecule has 0 aromatic heterocycles. The summed E-state index contributed by atoms with van der Waals surface area (Å²) < 4.78 is 10.7. The second-order valence-corrected chi connectivity index (χ2v) is 6.89. The molecule has 0 amide bonds. The molecule has 1 saturated carbocycles. The van der Waals surface area contributed by atoms with E-state index in [0.717, 1.165) is 30.4 Å². The Labute approximate surface area is 130 Å². The molecule has 22 heavy (non-hydrogen) atoms. The molecule has 1 fully saturated rings. The van der Waals surface area contributed by atoms with Gasteiger partial charge in [-0.05, 0) is 43.9 Å².